The van der Waals surface area contributed by atoms with Crippen molar-refractivity contribution < 1.29 is 17.6 Å². The van der Waals surface area contributed by atoms with Gasteiger partial charge in [-0.05, 0) is 66.9 Å². The largest absolute Gasteiger partial charge is 0.336 e. The second kappa shape index (κ2) is 9.23. The van der Waals surface area contributed by atoms with Gasteiger partial charge >= 0.3 is 0 Å². The van der Waals surface area contributed by atoms with Crippen LogP contribution in [0.15, 0.2) is 87.5 Å². The summed E-state index contributed by atoms with van der Waals surface area (Å²) in [5.74, 6) is -0.959. The van der Waals surface area contributed by atoms with Crippen LogP contribution in [-0.2, 0) is 27.6 Å². The molecule has 0 spiro atoms. The van der Waals surface area contributed by atoms with Crippen molar-refractivity contribution in [2.75, 3.05) is 5.32 Å². The minimum Gasteiger partial charge on any atom is -0.336 e. The van der Waals surface area contributed by atoms with Crippen molar-refractivity contribution in [1.82, 2.24) is 4.57 Å². The second-order valence-corrected chi connectivity index (χ2v) is 9.89. The van der Waals surface area contributed by atoms with E-state index in [2.05, 4.69) is 5.32 Å². The summed E-state index contributed by atoms with van der Waals surface area (Å²) in [6.45, 7) is 3.58. The highest BCUT2D eigenvalue weighted by atomic mass is 32.2. The number of hydrogen-bond acceptors (Lipinski definition) is 4. The number of fused-ring (bicyclic) bond motifs is 1. The molecule has 0 aliphatic carbocycles. The number of carbonyl (C=O) groups excluding carboxylic acids is 1. The van der Waals surface area contributed by atoms with Gasteiger partial charge in [-0.3, -0.25) is 9.59 Å². The molecule has 3 aromatic carbocycles. The van der Waals surface area contributed by atoms with E-state index in [1.165, 1.54) is 10.8 Å². The van der Waals surface area contributed by atoms with Gasteiger partial charge in [0.25, 0.3) is 0 Å². The van der Waals surface area contributed by atoms with Gasteiger partial charge in [0.1, 0.15) is 17.3 Å². The minimum absolute atomic E-state index is 0.200. The van der Waals surface area contributed by atoms with Gasteiger partial charge in [0.2, 0.25) is 21.2 Å². The summed E-state index contributed by atoms with van der Waals surface area (Å²) in [6, 6.07) is 16.8. The Morgan fingerprint density at radius 2 is 1.74 bits per heavy atom. The maximum absolute atomic E-state index is 13.4. The summed E-state index contributed by atoms with van der Waals surface area (Å²) < 4.78 is 41.4. The van der Waals surface area contributed by atoms with E-state index in [-0.39, 0.29) is 22.7 Å². The van der Waals surface area contributed by atoms with E-state index >= 15 is 0 Å². The maximum atomic E-state index is 13.4. The molecule has 0 aliphatic heterocycles. The molecule has 8 heteroatoms. The molecule has 1 N–H and O–H groups in total. The van der Waals surface area contributed by atoms with Gasteiger partial charge < -0.3 is 9.88 Å². The number of amides is 1. The van der Waals surface area contributed by atoms with Gasteiger partial charge in [0, 0.05) is 17.3 Å². The average Bonchev–Trinajstić information content (AvgIpc) is 2.82. The second-order valence-electron chi connectivity index (χ2n) is 7.98. The third-order valence-electron chi connectivity index (χ3n) is 5.67. The Balaban J connectivity index is 1.85. The molecule has 0 fully saturated rings. The Morgan fingerprint density at radius 1 is 1.03 bits per heavy atom. The zero-order valence-corrected chi connectivity index (χ0v) is 19.5. The molecule has 1 amide bonds. The third kappa shape index (κ3) is 4.49. The van der Waals surface area contributed by atoms with Crippen molar-refractivity contribution in [1.29, 1.82) is 0 Å². The lowest BCUT2D eigenvalue weighted by atomic mass is 10.1. The number of halogens is 1. The number of carbonyl (C=O) groups is 1. The first kappa shape index (κ1) is 23.4. The van der Waals surface area contributed by atoms with Crippen LogP contribution < -0.4 is 10.7 Å². The molecule has 0 bridgehead atoms. The fourth-order valence-electron chi connectivity index (χ4n) is 3.76. The topological polar surface area (TPSA) is 85.2 Å². The van der Waals surface area contributed by atoms with Crippen molar-refractivity contribution in [3.8, 4) is 0 Å². The molecule has 0 atom stereocenters. The lowest BCUT2D eigenvalue weighted by molar-refractivity contribution is -0.116. The molecule has 6 nitrogen and oxygen atoms in total. The highest BCUT2D eigenvalue weighted by Gasteiger charge is 2.24. The van der Waals surface area contributed by atoms with Gasteiger partial charge in [-0.2, -0.15) is 0 Å². The fraction of sp³-hybridized carbons (Fsp3) is 0.154. The van der Waals surface area contributed by atoms with E-state index in [0.717, 1.165) is 35.4 Å². The van der Waals surface area contributed by atoms with Crippen LogP contribution in [0.2, 0.25) is 0 Å². The first-order chi connectivity index (χ1) is 16.2. The van der Waals surface area contributed by atoms with E-state index in [1.54, 1.807) is 24.3 Å². The molecule has 0 unspecified atom stereocenters. The molecule has 1 aromatic heterocycles. The summed E-state index contributed by atoms with van der Waals surface area (Å²) in [7, 11) is -4.25. The van der Waals surface area contributed by atoms with Gasteiger partial charge in [-0.15, -0.1) is 0 Å². The van der Waals surface area contributed by atoms with Gasteiger partial charge in [0.15, 0.2) is 0 Å². The average molecular weight is 479 g/mol. The Bertz CT molecular complexity index is 1560. The summed E-state index contributed by atoms with van der Waals surface area (Å²) in [6.07, 6.45) is 1.84. The van der Waals surface area contributed by atoms with Crippen LogP contribution in [0.25, 0.3) is 10.9 Å². The predicted molar refractivity (Wildman–Crippen MR) is 129 cm³/mol. The van der Waals surface area contributed by atoms with Crippen molar-refractivity contribution in [2.24, 2.45) is 0 Å². The number of hydrogen-bond donors (Lipinski definition) is 1. The van der Waals surface area contributed by atoms with Crippen LogP contribution in [0.3, 0.4) is 0 Å². The summed E-state index contributed by atoms with van der Waals surface area (Å²) in [4.78, 5) is 25.5. The summed E-state index contributed by atoms with van der Waals surface area (Å²) >= 11 is 0. The minimum atomic E-state index is -4.25. The Morgan fingerprint density at radius 3 is 2.41 bits per heavy atom. The fourth-order valence-corrected chi connectivity index (χ4v) is 5.13. The predicted octanol–water partition coefficient (Wildman–Crippen LogP) is 4.48. The number of para-hydroxylation sites is 1. The summed E-state index contributed by atoms with van der Waals surface area (Å²) in [5, 5.41) is 3.03. The van der Waals surface area contributed by atoms with Gasteiger partial charge in [-0.25, -0.2) is 12.8 Å². The maximum Gasteiger partial charge on any atom is 0.244 e. The number of pyridine rings is 1. The molecular weight excluding hydrogens is 455 g/mol. The zero-order chi connectivity index (χ0) is 24.5. The van der Waals surface area contributed by atoms with Crippen molar-refractivity contribution >= 4 is 32.3 Å². The molecule has 0 aliphatic rings. The quantitative estimate of drug-likeness (QED) is 0.414. The molecule has 174 valence electrons. The number of nitrogens with zero attached hydrogens (tertiary/aromatic N) is 1. The lowest BCUT2D eigenvalue weighted by Crippen LogP contribution is -2.24. The Labute approximate surface area is 196 Å². The monoisotopic (exact) mass is 478 g/mol. The first-order valence-electron chi connectivity index (χ1n) is 10.7. The number of aromatic nitrogens is 1. The van der Waals surface area contributed by atoms with Crippen molar-refractivity contribution in [2.45, 2.75) is 36.6 Å². The lowest BCUT2D eigenvalue weighted by Gasteiger charge is -2.15. The van der Waals surface area contributed by atoms with Gasteiger partial charge in [0.05, 0.1) is 10.4 Å². The van der Waals surface area contributed by atoms with Crippen LogP contribution in [0.5, 0.6) is 0 Å². The van der Waals surface area contributed by atoms with Crippen molar-refractivity contribution in [3.05, 3.63) is 100 Å². The SMILES string of the molecule is CCc1ccc2c(c1)c(=O)c(S(=O)(=O)c1ccc(F)cc1)cn2CC(=O)Nc1ccccc1C. The Kier molecular flexibility index (Phi) is 6.34. The smallest absolute Gasteiger partial charge is 0.244 e. The zero-order valence-electron chi connectivity index (χ0n) is 18.7. The molecular formula is C26H23FN2O4S. The van der Waals surface area contributed by atoms with E-state index in [4.69, 9.17) is 0 Å². The number of aryl methyl sites for hydroxylation is 2. The Hall–Kier alpha value is -3.78. The van der Waals surface area contributed by atoms with Crippen LogP contribution in [0.1, 0.15) is 18.1 Å². The number of nitrogens with one attached hydrogen (secondary N) is 1. The summed E-state index contributed by atoms with van der Waals surface area (Å²) in [5.41, 5.74) is 2.17. The number of benzene rings is 3. The molecule has 4 aromatic rings. The molecule has 0 saturated carbocycles. The van der Waals surface area contributed by atoms with Crippen LogP contribution in [0.4, 0.5) is 10.1 Å². The van der Waals surface area contributed by atoms with E-state index in [0.29, 0.717) is 17.6 Å². The van der Waals surface area contributed by atoms with Crippen molar-refractivity contribution in [3.63, 3.8) is 0 Å². The van der Waals surface area contributed by atoms with Crippen LogP contribution in [-0.4, -0.2) is 18.9 Å². The normalized spacial score (nSPS) is 11.5. The molecule has 0 radical (unpaired) electrons. The van der Waals surface area contributed by atoms with E-state index < -0.39 is 26.0 Å². The molecule has 4 rings (SSSR count). The molecule has 0 saturated heterocycles. The van der Waals surface area contributed by atoms with Crippen LogP contribution in [0, 0.1) is 12.7 Å². The molecule has 34 heavy (non-hydrogen) atoms. The first-order valence-corrected chi connectivity index (χ1v) is 12.2. The highest BCUT2D eigenvalue weighted by molar-refractivity contribution is 7.91. The molecule has 1 heterocycles. The number of anilines is 1. The number of rotatable bonds is 6. The highest BCUT2D eigenvalue weighted by Crippen LogP contribution is 2.23. The van der Waals surface area contributed by atoms with Gasteiger partial charge in [-0.1, -0.05) is 31.2 Å². The van der Waals surface area contributed by atoms with Crippen LogP contribution >= 0.6 is 0 Å². The third-order valence-corrected chi connectivity index (χ3v) is 7.43. The van der Waals surface area contributed by atoms with E-state index in [1.807, 2.05) is 32.0 Å². The standard InChI is InChI=1S/C26H23FN2O4S/c1-3-18-8-13-23-21(14-18)26(31)24(34(32,33)20-11-9-19(27)10-12-20)15-29(23)16-25(30)28-22-7-5-4-6-17(22)2/h4-15H,3,16H2,1-2H3,(H,28,30). The van der Waals surface area contributed by atoms with E-state index in [9.17, 15) is 22.4 Å². The number of sulfone groups is 1.